The van der Waals surface area contributed by atoms with E-state index >= 15 is 0 Å². The first-order valence-electron chi connectivity index (χ1n) is 11.7. The highest BCUT2D eigenvalue weighted by Crippen LogP contribution is 2.40. The number of anilines is 3. The van der Waals surface area contributed by atoms with Gasteiger partial charge in [-0.3, -0.25) is 4.79 Å². The number of carbonyl (C=O) groups excluding carboxylic acids is 1. The van der Waals surface area contributed by atoms with E-state index in [4.69, 9.17) is 4.98 Å². The van der Waals surface area contributed by atoms with Crippen LogP contribution in [-0.2, 0) is 0 Å². The van der Waals surface area contributed by atoms with Crippen molar-refractivity contribution in [2.75, 3.05) is 10.6 Å². The lowest BCUT2D eigenvalue weighted by Crippen LogP contribution is -2.14. The molecule has 35 heavy (non-hydrogen) atoms. The molecular formula is C28H24N6O. The fourth-order valence-electron chi connectivity index (χ4n) is 4.24. The zero-order valence-corrected chi connectivity index (χ0v) is 19.3. The van der Waals surface area contributed by atoms with Crippen LogP contribution in [-0.4, -0.2) is 25.7 Å². The summed E-state index contributed by atoms with van der Waals surface area (Å²) < 4.78 is 1.73. The maximum atomic E-state index is 13.5. The number of nitrogens with one attached hydrogen (secondary N) is 2. The number of carbonyl (C=O) groups is 1. The maximum Gasteiger partial charge on any atom is 0.256 e. The van der Waals surface area contributed by atoms with E-state index in [1.54, 1.807) is 10.9 Å². The minimum absolute atomic E-state index is 0.174. The van der Waals surface area contributed by atoms with E-state index in [1.165, 1.54) is 0 Å². The molecule has 2 N–H and O–H groups in total. The van der Waals surface area contributed by atoms with Gasteiger partial charge in [-0.05, 0) is 74.4 Å². The quantitative estimate of drug-likeness (QED) is 0.325. The number of nitrogens with zero attached hydrogens (tertiary/aromatic N) is 4. The van der Waals surface area contributed by atoms with Gasteiger partial charge < -0.3 is 10.6 Å². The fourth-order valence-corrected chi connectivity index (χ4v) is 4.24. The summed E-state index contributed by atoms with van der Waals surface area (Å²) in [7, 11) is 0. The summed E-state index contributed by atoms with van der Waals surface area (Å²) in [6.07, 6.45) is 3.91. The summed E-state index contributed by atoms with van der Waals surface area (Å²) in [6, 6.07) is 25.3. The molecule has 1 saturated carbocycles. The maximum absolute atomic E-state index is 13.5. The number of hydrogen-bond acceptors (Lipinski definition) is 5. The molecule has 7 heteroatoms. The van der Waals surface area contributed by atoms with Gasteiger partial charge in [0.1, 0.15) is 0 Å². The second kappa shape index (κ2) is 8.68. The van der Waals surface area contributed by atoms with Gasteiger partial charge in [0.15, 0.2) is 11.5 Å². The number of benzene rings is 2. The molecule has 0 spiro atoms. The summed E-state index contributed by atoms with van der Waals surface area (Å²) in [6.45, 7) is 1.90. The summed E-state index contributed by atoms with van der Waals surface area (Å²) in [4.78, 5) is 22.8. The number of fused-ring (bicyclic) bond motifs is 1. The monoisotopic (exact) mass is 460 g/mol. The van der Waals surface area contributed by atoms with Crippen molar-refractivity contribution in [1.82, 2.24) is 19.7 Å². The van der Waals surface area contributed by atoms with Crippen LogP contribution in [0.15, 0.2) is 85.1 Å². The normalized spacial score (nSPS) is 13.1. The van der Waals surface area contributed by atoms with E-state index in [0.717, 1.165) is 46.7 Å². The van der Waals surface area contributed by atoms with Crippen LogP contribution >= 0.6 is 0 Å². The van der Waals surface area contributed by atoms with Crippen LogP contribution in [0.2, 0.25) is 0 Å². The molecule has 7 nitrogen and oxygen atoms in total. The smallest absolute Gasteiger partial charge is 0.256 e. The van der Waals surface area contributed by atoms with Crippen LogP contribution in [0, 0.1) is 6.92 Å². The average molecular weight is 461 g/mol. The molecule has 5 aromatic rings. The number of pyridine rings is 2. The third-order valence-electron chi connectivity index (χ3n) is 6.14. The van der Waals surface area contributed by atoms with Crippen molar-refractivity contribution in [3.63, 3.8) is 0 Å². The molecule has 0 saturated heterocycles. The van der Waals surface area contributed by atoms with E-state index in [-0.39, 0.29) is 5.91 Å². The van der Waals surface area contributed by atoms with Gasteiger partial charge in [0.2, 0.25) is 0 Å². The van der Waals surface area contributed by atoms with Gasteiger partial charge in [0, 0.05) is 34.9 Å². The van der Waals surface area contributed by atoms with Gasteiger partial charge in [0.05, 0.1) is 16.6 Å². The standard InChI is InChI=1S/C28H24N6O/c1-18-26-23(28(35)31-22-14-12-21(13-15-22)30-20-7-3-2-4-8-20)17-24(19-10-11-19)32-27(26)34(33-18)25-9-5-6-16-29-25/h2-9,12-17,19,30H,10-11H2,1H3,(H,31,35). The zero-order chi connectivity index (χ0) is 23.8. The minimum Gasteiger partial charge on any atom is -0.356 e. The number of para-hydroxylation sites is 1. The van der Waals surface area contributed by atoms with Crippen molar-refractivity contribution >= 4 is 34.0 Å². The lowest BCUT2D eigenvalue weighted by molar-refractivity contribution is 0.102. The van der Waals surface area contributed by atoms with E-state index in [1.807, 2.05) is 85.8 Å². The molecule has 1 aliphatic carbocycles. The molecule has 6 rings (SSSR count). The summed E-state index contributed by atoms with van der Waals surface area (Å²) in [5, 5.41) is 11.8. The second-order valence-electron chi connectivity index (χ2n) is 8.78. The molecule has 0 aliphatic heterocycles. The Hall–Kier alpha value is -4.52. The average Bonchev–Trinajstić information content (AvgIpc) is 3.69. The van der Waals surface area contributed by atoms with Gasteiger partial charge in [-0.2, -0.15) is 9.78 Å². The molecule has 1 amide bonds. The number of aryl methyl sites for hydroxylation is 1. The van der Waals surface area contributed by atoms with E-state index in [0.29, 0.717) is 22.9 Å². The first kappa shape index (κ1) is 21.0. The fraction of sp³-hybridized carbons (Fsp3) is 0.143. The van der Waals surface area contributed by atoms with Crippen molar-refractivity contribution in [3.8, 4) is 5.82 Å². The molecule has 172 valence electrons. The highest BCUT2D eigenvalue weighted by molar-refractivity contribution is 6.13. The third kappa shape index (κ3) is 4.24. The molecule has 1 aliphatic rings. The molecule has 3 aromatic heterocycles. The summed E-state index contributed by atoms with van der Waals surface area (Å²) >= 11 is 0. The molecule has 0 bridgehead atoms. The van der Waals surface area contributed by atoms with Crippen LogP contribution < -0.4 is 10.6 Å². The second-order valence-corrected chi connectivity index (χ2v) is 8.78. The molecule has 0 atom stereocenters. The Morgan fingerprint density at radius 2 is 1.63 bits per heavy atom. The first-order chi connectivity index (χ1) is 17.2. The molecule has 2 aromatic carbocycles. The Morgan fingerprint density at radius 1 is 0.914 bits per heavy atom. The molecule has 0 unspecified atom stereocenters. The van der Waals surface area contributed by atoms with Crippen LogP contribution in [0.3, 0.4) is 0 Å². The summed E-state index contributed by atoms with van der Waals surface area (Å²) in [5.74, 6) is 0.896. The van der Waals surface area contributed by atoms with Crippen molar-refractivity contribution in [3.05, 3.63) is 102 Å². The highest BCUT2D eigenvalue weighted by atomic mass is 16.1. The summed E-state index contributed by atoms with van der Waals surface area (Å²) in [5.41, 5.74) is 5.61. The van der Waals surface area contributed by atoms with Crippen LogP contribution in [0.25, 0.3) is 16.9 Å². The van der Waals surface area contributed by atoms with Gasteiger partial charge in [-0.15, -0.1) is 0 Å². The minimum atomic E-state index is -0.174. The number of hydrogen-bond donors (Lipinski definition) is 2. The van der Waals surface area contributed by atoms with Crippen molar-refractivity contribution in [1.29, 1.82) is 0 Å². The number of amides is 1. The van der Waals surface area contributed by atoms with Gasteiger partial charge in [-0.25, -0.2) is 9.97 Å². The number of aromatic nitrogens is 4. The predicted molar refractivity (Wildman–Crippen MR) is 137 cm³/mol. The van der Waals surface area contributed by atoms with Gasteiger partial charge in [-0.1, -0.05) is 24.3 Å². The van der Waals surface area contributed by atoms with Crippen molar-refractivity contribution in [2.45, 2.75) is 25.7 Å². The zero-order valence-electron chi connectivity index (χ0n) is 19.3. The number of rotatable bonds is 6. The van der Waals surface area contributed by atoms with Crippen molar-refractivity contribution < 1.29 is 4.79 Å². The SMILES string of the molecule is Cc1nn(-c2ccccn2)c2nc(C3CC3)cc(C(=O)Nc3ccc(Nc4ccccc4)cc3)c12. The van der Waals surface area contributed by atoms with Gasteiger partial charge in [0.25, 0.3) is 5.91 Å². The van der Waals surface area contributed by atoms with E-state index in [2.05, 4.69) is 20.7 Å². The molecular weight excluding hydrogens is 436 g/mol. The first-order valence-corrected chi connectivity index (χ1v) is 11.7. The Labute approximate surface area is 202 Å². The molecule has 3 heterocycles. The Kier molecular flexibility index (Phi) is 5.22. The van der Waals surface area contributed by atoms with Gasteiger partial charge >= 0.3 is 0 Å². The molecule has 1 fully saturated rings. The Bertz CT molecular complexity index is 1510. The lowest BCUT2D eigenvalue weighted by Gasteiger charge is -2.11. The lowest BCUT2D eigenvalue weighted by atomic mass is 10.1. The highest BCUT2D eigenvalue weighted by Gasteiger charge is 2.29. The predicted octanol–water partition coefficient (Wildman–Crippen LogP) is 6.00. The van der Waals surface area contributed by atoms with E-state index < -0.39 is 0 Å². The van der Waals surface area contributed by atoms with Crippen LogP contribution in [0.5, 0.6) is 0 Å². The topological polar surface area (TPSA) is 84.7 Å². The third-order valence-corrected chi connectivity index (χ3v) is 6.14. The largest absolute Gasteiger partial charge is 0.356 e. The Balaban J connectivity index is 1.33. The van der Waals surface area contributed by atoms with Crippen LogP contribution in [0.4, 0.5) is 17.1 Å². The molecule has 0 radical (unpaired) electrons. The van der Waals surface area contributed by atoms with Crippen molar-refractivity contribution in [2.24, 2.45) is 0 Å². The Morgan fingerprint density at radius 3 is 2.34 bits per heavy atom. The van der Waals surface area contributed by atoms with E-state index in [9.17, 15) is 4.79 Å². The van der Waals surface area contributed by atoms with Crippen LogP contribution in [0.1, 0.15) is 40.5 Å².